The first-order chi connectivity index (χ1) is 9.33. The van der Waals surface area contributed by atoms with Crippen molar-refractivity contribution in [3.63, 3.8) is 0 Å². The van der Waals surface area contributed by atoms with E-state index in [0.29, 0.717) is 24.0 Å². The molecule has 3 heteroatoms. The standard InChI is InChI=1S/C16H22N2O/c17-9-13-4-3-5-14(8-13)11-19-12-16-7-2-1-6-15(16)10-18/h3-5,8,15-16H,1-2,6-7,10-12,18H2. The van der Waals surface area contributed by atoms with Crippen molar-refractivity contribution in [1.29, 1.82) is 5.26 Å². The molecule has 1 aromatic carbocycles. The van der Waals surface area contributed by atoms with Gasteiger partial charge in [0.2, 0.25) is 0 Å². The van der Waals surface area contributed by atoms with E-state index in [1.807, 2.05) is 24.3 Å². The van der Waals surface area contributed by atoms with Gasteiger partial charge >= 0.3 is 0 Å². The Kier molecular flexibility index (Phi) is 5.38. The molecule has 102 valence electrons. The predicted octanol–water partition coefficient (Wildman–Crippen LogP) is 2.84. The third-order valence-corrected chi connectivity index (χ3v) is 4.03. The molecule has 19 heavy (non-hydrogen) atoms. The fourth-order valence-electron chi connectivity index (χ4n) is 2.87. The molecular weight excluding hydrogens is 236 g/mol. The molecule has 2 unspecified atom stereocenters. The van der Waals surface area contributed by atoms with Crippen LogP contribution in [0.4, 0.5) is 0 Å². The van der Waals surface area contributed by atoms with Crippen LogP contribution in [0.3, 0.4) is 0 Å². The van der Waals surface area contributed by atoms with Crippen molar-refractivity contribution in [2.45, 2.75) is 32.3 Å². The number of hydrogen-bond donors (Lipinski definition) is 1. The average molecular weight is 258 g/mol. The second-order valence-corrected chi connectivity index (χ2v) is 5.37. The van der Waals surface area contributed by atoms with E-state index in [1.54, 1.807) is 0 Å². The molecule has 0 radical (unpaired) electrons. The van der Waals surface area contributed by atoms with Gasteiger partial charge in [-0.1, -0.05) is 25.0 Å². The van der Waals surface area contributed by atoms with E-state index in [4.69, 9.17) is 15.7 Å². The largest absolute Gasteiger partial charge is 0.376 e. The zero-order valence-corrected chi connectivity index (χ0v) is 11.3. The maximum absolute atomic E-state index is 8.85. The average Bonchev–Trinajstić information content (AvgIpc) is 2.48. The molecule has 0 bridgehead atoms. The van der Waals surface area contributed by atoms with Gasteiger partial charge in [-0.05, 0) is 48.9 Å². The number of nitrogens with two attached hydrogens (primary N) is 1. The molecule has 0 amide bonds. The van der Waals surface area contributed by atoms with Crippen LogP contribution in [0.25, 0.3) is 0 Å². The van der Waals surface area contributed by atoms with Crippen LogP contribution in [0.2, 0.25) is 0 Å². The summed E-state index contributed by atoms with van der Waals surface area (Å²) in [6, 6.07) is 9.76. The Bertz CT molecular complexity index is 439. The van der Waals surface area contributed by atoms with Gasteiger partial charge in [-0.2, -0.15) is 5.26 Å². The summed E-state index contributed by atoms with van der Waals surface area (Å²) in [5, 5.41) is 8.85. The van der Waals surface area contributed by atoms with Gasteiger partial charge in [-0.3, -0.25) is 0 Å². The van der Waals surface area contributed by atoms with Gasteiger partial charge in [0.05, 0.1) is 24.8 Å². The number of nitriles is 1. The van der Waals surface area contributed by atoms with Crippen molar-refractivity contribution in [3.8, 4) is 6.07 Å². The molecule has 1 saturated carbocycles. The Morgan fingerprint density at radius 3 is 2.79 bits per heavy atom. The van der Waals surface area contributed by atoms with E-state index < -0.39 is 0 Å². The minimum absolute atomic E-state index is 0.587. The van der Waals surface area contributed by atoms with Crippen LogP contribution >= 0.6 is 0 Å². The number of hydrogen-bond acceptors (Lipinski definition) is 3. The van der Waals surface area contributed by atoms with Crippen molar-refractivity contribution in [2.24, 2.45) is 17.6 Å². The van der Waals surface area contributed by atoms with Crippen LogP contribution in [0.1, 0.15) is 36.8 Å². The van der Waals surface area contributed by atoms with Gasteiger partial charge in [0, 0.05) is 0 Å². The normalized spacial score (nSPS) is 22.9. The van der Waals surface area contributed by atoms with Crippen LogP contribution in [0, 0.1) is 23.2 Å². The summed E-state index contributed by atoms with van der Waals surface area (Å²) in [4.78, 5) is 0. The first-order valence-electron chi connectivity index (χ1n) is 7.10. The Hall–Kier alpha value is -1.37. The SMILES string of the molecule is N#Cc1cccc(COCC2CCCCC2CN)c1. The van der Waals surface area contributed by atoms with Gasteiger partial charge in [-0.15, -0.1) is 0 Å². The summed E-state index contributed by atoms with van der Waals surface area (Å²) in [6.45, 7) is 2.15. The fraction of sp³-hybridized carbons (Fsp3) is 0.562. The van der Waals surface area contributed by atoms with Crippen molar-refractivity contribution in [3.05, 3.63) is 35.4 Å². The molecule has 3 nitrogen and oxygen atoms in total. The zero-order valence-electron chi connectivity index (χ0n) is 11.3. The van der Waals surface area contributed by atoms with Crippen LogP contribution in [0.5, 0.6) is 0 Å². The van der Waals surface area contributed by atoms with E-state index in [9.17, 15) is 0 Å². The molecule has 1 fully saturated rings. The summed E-state index contributed by atoms with van der Waals surface area (Å²) >= 11 is 0. The maximum Gasteiger partial charge on any atom is 0.0991 e. The molecule has 2 N–H and O–H groups in total. The number of benzene rings is 1. The summed E-state index contributed by atoms with van der Waals surface area (Å²) in [5.74, 6) is 1.23. The van der Waals surface area contributed by atoms with Crippen LogP contribution < -0.4 is 5.73 Å². The third kappa shape index (κ3) is 4.05. The Morgan fingerprint density at radius 2 is 2.05 bits per heavy atom. The molecule has 1 aromatic rings. The molecule has 0 heterocycles. The highest BCUT2D eigenvalue weighted by molar-refractivity contribution is 5.32. The quantitative estimate of drug-likeness (QED) is 0.883. The minimum atomic E-state index is 0.587. The maximum atomic E-state index is 8.85. The van der Waals surface area contributed by atoms with E-state index in [0.717, 1.165) is 18.7 Å². The highest BCUT2D eigenvalue weighted by Gasteiger charge is 2.23. The Morgan fingerprint density at radius 1 is 1.26 bits per heavy atom. The number of nitrogens with zero attached hydrogens (tertiary/aromatic N) is 1. The zero-order chi connectivity index (χ0) is 13.5. The molecule has 1 aliphatic carbocycles. The molecule has 0 saturated heterocycles. The molecule has 0 aromatic heterocycles. The molecule has 1 aliphatic rings. The molecule has 0 aliphatic heterocycles. The highest BCUT2D eigenvalue weighted by atomic mass is 16.5. The smallest absolute Gasteiger partial charge is 0.0991 e. The topological polar surface area (TPSA) is 59.0 Å². The second-order valence-electron chi connectivity index (χ2n) is 5.37. The van der Waals surface area contributed by atoms with E-state index in [-0.39, 0.29) is 0 Å². The minimum Gasteiger partial charge on any atom is -0.376 e. The predicted molar refractivity (Wildman–Crippen MR) is 75.3 cm³/mol. The van der Waals surface area contributed by atoms with Crippen molar-refractivity contribution in [2.75, 3.05) is 13.2 Å². The number of ether oxygens (including phenoxy) is 1. The van der Waals surface area contributed by atoms with Gasteiger partial charge in [0.15, 0.2) is 0 Å². The van der Waals surface area contributed by atoms with Gasteiger partial charge in [-0.25, -0.2) is 0 Å². The highest BCUT2D eigenvalue weighted by Crippen LogP contribution is 2.29. The lowest BCUT2D eigenvalue weighted by Crippen LogP contribution is -2.29. The van der Waals surface area contributed by atoms with E-state index in [2.05, 4.69) is 6.07 Å². The second kappa shape index (κ2) is 7.28. The van der Waals surface area contributed by atoms with E-state index in [1.165, 1.54) is 25.7 Å². The van der Waals surface area contributed by atoms with Crippen LogP contribution in [-0.2, 0) is 11.3 Å². The molecule has 2 rings (SSSR count). The Balaban J connectivity index is 1.80. The summed E-state index contributed by atoms with van der Waals surface area (Å²) in [7, 11) is 0. The van der Waals surface area contributed by atoms with Crippen LogP contribution in [0.15, 0.2) is 24.3 Å². The Labute approximate surface area is 115 Å². The molecular formula is C16H22N2O. The summed E-state index contributed by atoms with van der Waals surface area (Å²) in [5.41, 5.74) is 7.58. The summed E-state index contributed by atoms with van der Waals surface area (Å²) < 4.78 is 5.83. The first kappa shape index (κ1) is 14.0. The monoisotopic (exact) mass is 258 g/mol. The lowest BCUT2D eigenvalue weighted by molar-refractivity contribution is 0.0512. The van der Waals surface area contributed by atoms with E-state index >= 15 is 0 Å². The van der Waals surface area contributed by atoms with Gasteiger partial charge < -0.3 is 10.5 Å². The van der Waals surface area contributed by atoms with Crippen molar-refractivity contribution < 1.29 is 4.74 Å². The van der Waals surface area contributed by atoms with Crippen LogP contribution in [-0.4, -0.2) is 13.2 Å². The summed E-state index contributed by atoms with van der Waals surface area (Å²) in [6.07, 6.45) is 5.09. The van der Waals surface area contributed by atoms with Crippen molar-refractivity contribution >= 4 is 0 Å². The lowest BCUT2D eigenvalue weighted by atomic mass is 9.80. The fourth-order valence-corrected chi connectivity index (χ4v) is 2.87. The molecule has 0 spiro atoms. The van der Waals surface area contributed by atoms with Gasteiger partial charge in [0.25, 0.3) is 0 Å². The lowest BCUT2D eigenvalue weighted by Gasteiger charge is -2.30. The van der Waals surface area contributed by atoms with Crippen molar-refractivity contribution in [1.82, 2.24) is 0 Å². The first-order valence-corrected chi connectivity index (χ1v) is 7.10. The third-order valence-electron chi connectivity index (χ3n) is 4.03. The van der Waals surface area contributed by atoms with Gasteiger partial charge in [0.1, 0.15) is 0 Å². The number of rotatable bonds is 5. The molecule has 2 atom stereocenters.